The summed E-state index contributed by atoms with van der Waals surface area (Å²) in [6.45, 7) is 0.895. The van der Waals surface area contributed by atoms with E-state index in [1.165, 1.54) is 12.1 Å². The number of halogens is 1. The molecule has 0 unspecified atom stereocenters. The molecule has 0 spiro atoms. The van der Waals surface area contributed by atoms with Gasteiger partial charge in [0.1, 0.15) is 5.75 Å². The second-order valence-corrected chi connectivity index (χ2v) is 5.69. The number of carbonyl (C=O) groups excluding carboxylic acids is 1. The lowest BCUT2D eigenvalue weighted by molar-refractivity contribution is -0.384. The number of methoxy groups -OCH3 is 1. The number of hydrogen-bond acceptors (Lipinski definition) is 5. The zero-order chi connectivity index (χ0) is 17.5. The third kappa shape index (κ3) is 4.69. The first-order chi connectivity index (χ1) is 11.5. The van der Waals surface area contributed by atoms with Gasteiger partial charge in [-0.3, -0.25) is 14.9 Å². The molecule has 1 amide bonds. The van der Waals surface area contributed by atoms with Crippen molar-refractivity contribution in [3.8, 4) is 5.75 Å². The number of amides is 1. The highest BCUT2D eigenvalue weighted by atomic mass is 79.9. The van der Waals surface area contributed by atoms with E-state index < -0.39 is 4.92 Å². The van der Waals surface area contributed by atoms with Gasteiger partial charge in [-0.2, -0.15) is 0 Å². The number of rotatable bonds is 7. The number of nitrogens with one attached hydrogen (secondary N) is 2. The highest BCUT2D eigenvalue weighted by Crippen LogP contribution is 2.26. The Morgan fingerprint density at radius 3 is 2.50 bits per heavy atom. The third-order valence-electron chi connectivity index (χ3n) is 3.24. The molecular formula is C16H16BrN3O4. The predicted molar refractivity (Wildman–Crippen MR) is 94.6 cm³/mol. The quantitative estimate of drug-likeness (QED) is 0.427. The second-order valence-electron chi connectivity index (χ2n) is 4.83. The molecule has 0 saturated heterocycles. The zero-order valence-corrected chi connectivity index (χ0v) is 14.5. The second kappa shape index (κ2) is 8.30. The minimum atomic E-state index is -0.455. The maximum absolute atomic E-state index is 12.0. The van der Waals surface area contributed by atoms with Gasteiger partial charge in [0.05, 0.1) is 12.0 Å². The first-order valence-electron chi connectivity index (χ1n) is 7.11. The van der Waals surface area contributed by atoms with Crippen molar-refractivity contribution >= 4 is 33.2 Å². The molecular weight excluding hydrogens is 378 g/mol. The van der Waals surface area contributed by atoms with Gasteiger partial charge in [-0.1, -0.05) is 0 Å². The molecule has 2 aromatic rings. The van der Waals surface area contributed by atoms with Crippen LogP contribution in [-0.2, 0) is 0 Å². The van der Waals surface area contributed by atoms with E-state index in [4.69, 9.17) is 4.74 Å². The fourth-order valence-corrected chi connectivity index (χ4v) is 2.49. The average molecular weight is 394 g/mol. The molecule has 2 rings (SSSR count). The van der Waals surface area contributed by atoms with Crippen LogP contribution < -0.4 is 15.4 Å². The summed E-state index contributed by atoms with van der Waals surface area (Å²) in [5, 5.41) is 16.6. The maximum Gasteiger partial charge on any atom is 0.270 e. The van der Waals surface area contributed by atoms with Crippen LogP contribution in [0.25, 0.3) is 0 Å². The number of benzene rings is 2. The van der Waals surface area contributed by atoms with Crippen LogP contribution in [-0.4, -0.2) is 31.0 Å². The molecule has 0 radical (unpaired) electrons. The molecule has 0 aliphatic heterocycles. The molecule has 0 bridgehead atoms. The van der Waals surface area contributed by atoms with Gasteiger partial charge in [-0.05, 0) is 46.3 Å². The average Bonchev–Trinajstić information content (AvgIpc) is 2.59. The first kappa shape index (κ1) is 17.7. The number of nitrogens with zero attached hydrogens (tertiary/aromatic N) is 1. The van der Waals surface area contributed by atoms with Crippen molar-refractivity contribution in [2.75, 3.05) is 25.5 Å². The van der Waals surface area contributed by atoms with Crippen molar-refractivity contribution < 1.29 is 14.5 Å². The van der Waals surface area contributed by atoms with Crippen molar-refractivity contribution in [1.29, 1.82) is 0 Å². The summed E-state index contributed by atoms with van der Waals surface area (Å²) in [5.74, 6) is 0.512. The largest absolute Gasteiger partial charge is 0.497 e. The predicted octanol–water partition coefficient (Wildman–Crippen LogP) is 3.21. The summed E-state index contributed by atoms with van der Waals surface area (Å²) in [4.78, 5) is 22.2. The van der Waals surface area contributed by atoms with Gasteiger partial charge in [0.15, 0.2) is 0 Å². The molecule has 24 heavy (non-hydrogen) atoms. The molecule has 0 atom stereocenters. The van der Waals surface area contributed by atoms with Crippen LogP contribution in [0.15, 0.2) is 46.9 Å². The van der Waals surface area contributed by atoms with Crippen LogP contribution in [0, 0.1) is 10.1 Å². The summed E-state index contributed by atoms with van der Waals surface area (Å²) in [6.07, 6.45) is 0. The van der Waals surface area contributed by atoms with Crippen LogP contribution in [0.4, 0.5) is 11.4 Å². The fraction of sp³-hybridized carbons (Fsp3) is 0.188. The van der Waals surface area contributed by atoms with E-state index >= 15 is 0 Å². The molecule has 7 nitrogen and oxygen atoms in total. The Labute approximate surface area is 147 Å². The summed E-state index contributed by atoms with van der Waals surface area (Å²) < 4.78 is 5.64. The van der Waals surface area contributed by atoms with E-state index in [0.29, 0.717) is 28.9 Å². The SMILES string of the molecule is COc1ccc(C(=O)NCCNc2ccc([N+](=O)[O-])cc2Br)cc1. The summed E-state index contributed by atoms with van der Waals surface area (Å²) in [7, 11) is 1.57. The molecule has 0 heterocycles. The minimum Gasteiger partial charge on any atom is -0.497 e. The Bertz CT molecular complexity index is 735. The van der Waals surface area contributed by atoms with Crippen molar-refractivity contribution in [3.63, 3.8) is 0 Å². The van der Waals surface area contributed by atoms with Gasteiger partial charge in [0, 0.05) is 40.9 Å². The highest BCUT2D eigenvalue weighted by Gasteiger charge is 2.09. The van der Waals surface area contributed by atoms with E-state index in [-0.39, 0.29) is 11.6 Å². The highest BCUT2D eigenvalue weighted by molar-refractivity contribution is 9.10. The number of nitro benzene ring substituents is 1. The molecule has 0 aliphatic carbocycles. The number of hydrogen-bond donors (Lipinski definition) is 2. The number of carbonyl (C=O) groups is 1. The van der Waals surface area contributed by atoms with Crippen molar-refractivity contribution in [3.05, 3.63) is 62.6 Å². The van der Waals surface area contributed by atoms with E-state index in [9.17, 15) is 14.9 Å². The van der Waals surface area contributed by atoms with E-state index in [1.807, 2.05) is 0 Å². The van der Waals surface area contributed by atoms with E-state index in [0.717, 1.165) is 5.69 Å². The lowest BCUT2D eigenvalue weighted by Gasteiger charge is -2.10. The Morgan fingerprint density at radius 1 is 1.21 bits per heavy atom. The number of non-ortho nitro benzene ring substituents is 1. The Balaban J connectivity index is 1.82. The lowest BCUT2D eigenvalue weighted by atomic mass is 10.2. The van der Waals surface area contributed by atoms with Gasteiger partial charge in [0.25, 0.3) is 11.6 Å². The number of anilines is 1. The van der Waals surface area contributed by atoms with Gasteiger partial charge in [0.2, 0.25) is 0 Å². The fourth-order valence-electron chi connectivity index (χ4n) is 1.98. The smallest absolute Gasteiger partial charge is 0.270 e. The van der Waals surface area contributed by atoms with Crippen LogP contribution in [0.3, 0.4) is 0 Å². The Kier molecular flexibility index (Phi) is 6.14. The van der Waals surface area contributed by atoms with Gasteiger partial charge in [-0.15, -0.1) is 0 Å². The summed E-state index contributed by atoms with van der Waals surface area (Å²) in [5.41, 5.74) is 1.28. The molecule has 0 aromatic heterocycles. The van der Waals surface area contributed by atoms with Crippen LogP contribution in [0.5, 0.6) is 5.75 Å². The molecule has 0 fully saturated rings. The van der Waals surface area contributed by atoms with Crippen LogP contribution in [0.2, 0.25) is 0 Å². The van der Waals surface area contributed by atoms with Crippen molar-refractivity contribution in [2.24, 2.45) is 0 Å². The van der Waals surface area contributed by atoms with Crippen LogP contribution in [0.1, 0.15) is 10.4 Å². The summed E-state index contributed by atoms with van der Waals surface area (Å²) >= 11 is 3.28. The Morgan fingerprint density at radius 2 is 1.92 bits per heavy atom. The normalized spacial score (nSPS) is 10.1. The van der Waals surface area contributed by atoms with E-state index in [2.05, 4.69) is 26.6 Å². The third-order valence-corrected chi connectivity index (χ3v) is 3.90. The lowest BCUT2D eigenvalue weighted by Crippen LogP contribution is -2.28. The van der Waals surface area contributed by atoms with Gasteiger partial charge in [-0.25, -0.2) is 0 Å². The first-order valence-corrected chi connectivity index (χ1v) is 7.90. The standard InChI is InChI=1S/C16H16BrN3O4/c1-24-13-5-2-11(3-6-13)16(21)19-9-8-18-15-7-4-12(20(22)23)10-14(15)17/h2-7,10,18H,8-9H2,1H3,(H,19,21). The van der Waals surface area contributed by atoms with Crippen LogP contribution >= 0.6 is 15.9 Å². The molecule has 2 aromatic carbocycles. The Hall–Kier alpha value is -2.61. The minimum absolute atomic E-state index is 0.0141. The monoisotopic (exact) mass is 393 g/mol. The zero-order valence-electron chi connectivity index (χ0n) is 12.9. The number of ether oxygens (including phenoxy) is 1. The maximum atomic E-state index is 12.0. The molecule has 0 saturated carbocycles. The summed E-state index contributed by atoms with van der Waals surface area (Å²) in [6, 6.07) is 11.3. The topological polar surface area (TPSA) is 93.5 Å². The molecule has 8 heteroatoms. The van der Waals surface area contributed by atoms with Crippen molar-refractivity contribution in [2.45, 2.75) is 0 Å². The molecule has 0 aliphatic rings. The van der Waals surface area contributed by atoms with Gasteiger partial charge < -0.3 is 15.4 Å². The molecule has 2 N–H and O–H groups in total. The van der Waals surface area contributed by atoms with Crippen molar-refractivity contribution in [1.82, 2.24) is 5.32 Å². The molecule has 126 valence electrons. The van der Waals surface area contributed by atoms with Gasteiger partial charge >= 0.3 is 0 Å². The number of nitro groups is 1. The van der Waals surface area contributed by atoms with E-state index in [1.54, 1.807) is 37.4 Å².